The molecule has 0 bridgehead atoms. The zero-order valence-corrected chi connectivity index (χ0v) is 23.9. The molecule has 1 fully saturated rings. The zero-order valence-electron chi connectivity index (χ0n) is 22.9. The third-order valence-corrected chi connectivity index (χ3v) is 9.14. The number of carbonyl (C=O) groups is 1. The molecule has 1 aliphatic heterocycles. The maximum atomic E-state index is 13.7. The van der Waals surface area contributed by atoms with Crippen molar-refractivity contribution >= 4 is 25.1 Å². The number of halogens is 4. The van der Waals surface area contributed by atoms with Crippen molar-refractivity contribution in [3.63, 3.8) is 0 Å². The quantitative estimate of drug-likeness (QED) is 0.163. The molecule has 0 spiro atoms. The smallest absolute Gasteiger partial charge is 0.416 e. The third kappa shape index (κ3) is 7.21. The predicted molar refractivity (Wildman–Crippen MR) is 145 cm³/mol. The van der Waals surface area contributed by atoms with Crippen molar-refractivity contribution in [1.82, 2.24) is 14.7 Å². The van der Waals surface area contributed by atoms with Crippen LogP contribution in [0.2, 0.25) is 25.7 Å². The van der Waals surface area contributed by atoms with E-state index in [1.54, 1.807) is 16.8 Å². The summed E-state index contributed by atoms with van der Waals surface area (Å²) in [6.45, 7) is 7.90. The Kier molecular flexibility index (Phi) is 8.91. The lowest BCUT2D eigenvalue weighted by atomic mass is 9.73. The van der Waals surface area contributed by atoms with Crippen molar-refractivity contribution in [2.45, 2.75) is 63.5 Å². The molecule has 0 saturated carbocycles. The number of alkyl halides is 3. The first-order valence-electron chi connectivity index (χ1n) is 13.2. The zero-order chi connectivity index (χ0) is 29.1. The van der Waals surface area contributed by atoms with Gasteiger partial charge in [-0.05, 0) is 48.7 Å². The van der Waals surface area contributed by atoms with Gasteiger partial charge in [-0.25, -0.2) is 13.9 Å². The Balaban J connectivity index is 1.57. The van der Waals surface area contributed by atoms with E-state index in [-0.39, 0.29) is 33.0 Å². The number of ether oxygens (including phenoxy) is 2. The first-order valence-corrected chi connectivity index (χ1v) is 16.9. The third-order valence-electron chi connectivity index (χ3n) is 7.43. The van der Waals surface area contributed by atoms with Crippen molar-refractivity contribution in [3.8, 4) is 0 Å². The average Bonchev–Trinajstić information content (AvgIpc) is 3.29. The Labute approximate surface area is 231 Å². The number of likely N-dealkylation sites (tertiary alicyclic amines) is 1. The van der Waals surface area contributed by atoms with Gasteiger partial charge >= 0.3 is 12.3 Å². The number of fused-ring (bicyclic) bond motifs is 1. The largest absolute Gasteiger partial charge is 0.465 e. The van der Waals surface area contributed by atoms with Crippen molar-refractivity contribution in [3.05, 3.63) is 65.1 Å². The van der Waals surface area contributed by atoms with E-state index in [9.17, 15) is 27.5 Å². The molecule has 0 radical (unpaired) electrons. The standard InChI is InChI=1S/C28H35F4N3O4Si/c1-40(2,3)13-12-38-19-35-25-20(16-33-35)14-23(28(30,31)32)15-21(25)17-39-18-27(22-4-6-24(29)7-5-22)8-10-34(11-9-27)26(36)37/h4-7,14-16H,8-13,17-19H2,1-3H3,(H,36,37). The van der Waals surface area contributed by atoms with Crippen LogP contribution in [0.3, 0.4) is 0 Å². The van der Waals surface area contributed by atoms with Gasteiger partial charge in [0.2, 0.25) is 0 Å². The van der Waals surface area contributed by atoms with E-state index in [1.807, 2.05) is 0 Å². The summed E-state index contributed by atoms with van der Waals surface area (Å²) in [5, 5.41) is 14.0. The summed E-state index contributed by atoms with van der Waals surface area (Å²) in [5.74, 6) is -0.394. The number of nitrogens with zero attached hydrogens (tertiary/aromatic N) is 3. The van der Waals surface area contributed by atoms with Crippen LogP contribution in [0.5, 0.6) is 0 Å². The van der Waals surface area contributed by atoms with Crippen LogP contribution in [0.15, 0.2) is 42.6 Å². The first-order chi connectivity index (χ1) is 18.8. The SMILES string of the molecule is C[Si](C)(C)CCOCn1ncc2cc(C(F)(F)F)cc(COCC3(c4ccc(F)cc4)CCN(C(=O)O)CC3)c21. The van der Waals surface area contributed by atoms with Gasteiger partial charge in [0.25, 0.3) is 0 Å². The van der Waals surface area contributed by atoms with Gasteiger partial charge in [0.05, 0.1) is 30.5 Å². The lowest BCUT2D eigenvalue weighted by Crippen LogP contribution is -2.47. The van der Waals surface area contributed by atoms with Gasteiger partial charge in [-0.1, -0.05) is 31.8 Å². The van der Waals surface area contributed by atoms with Crippen LogP contribution in [0.1, 0.15) is 29.5 Å². The van der Waals surface area contributed by atoms with E-state index in [2.05, 4.69) is 24.7 Å². The summed E-state index contributed by atoms with van der Waals surface area (Å²) in [6, 6.07) is 9.11. The van der Waals surface area contributed by atoms with Gasteiger partial charge in [0.15, 0.2) is 0 Å². The summed E-state index contributed by atoms with van der Waals surface area (Å²) in [4.78, 5) is 12.8. The van der Waals surface area contributed by atoms with Gasteiger partial charge in [-0.2, -0.15) is 18.3 Å². The molecule has 218 valence electrons. The molecule has 40 heavy (non-hydrogen) atoms. The molecule has 2 heterocycles. The Morgan fingerprint density at radius 3 is 2.38 bits per heavy atom. The molecule has 4 rings (SSSR count). The van der Waals surface area contributed by atoms with Crippen molar-refractivity contribution < 1.29 is 36.9 Å². The summed E-state index contributed by atoms with van der Waals surface area (Å²) in [6.07, 6.45) is -3.28. The Hall–Kier alpha value is -2.96. The van der Waals surface area contributed by atoms with Crippen molar-refractivity contribution in [2.24, 2.45) is 0 Å². The molecule has 1 N–H and O–H groups in total. The molecule has 0 unspecified atom stereocenters. The molecule has 1 aromatic heterocycles. The van der Waals surface area contributed by atoms with Crippen molar-refractivity contribution in [2.75, 3.05) is 26.3 Å². The number of benzene rings is 2. The normalized spacial score (nSPS) is 16.0. The van der Waals surface area contributed by atoms with Crippen LogP contribution in [-0.4, -0.2) is 60.3 Å². The van der Waals surface area contributed by atoms with Gasteiger partial charge in [-0.3, -0.25) is 0 Å². The molecule has 2 aromatic carbocycles. The summed E-state index contributed by atoms with van der Waals surface area (Å²) < 4.78 is 68.3. The van der Waals surface area contributed by atoms with E-state index in [4.69, 9.17) is 9.47 Å². The minimum absolute atomic E-state index is 0.108. The van der Waals surface area contributed by atoms with Crippen LogP contribution in [0.25, 0.3) is 10.9 Å². The van der Waals surface area contributed by atoms with Crippen LogP contribution in [-0.2, 0) is 34.4 Å². The summed E-state index contributed by atoms with van der Waals surface area (Å²) in [7, 11) is -1.31. The average molecular weight is 582 g/mol. The molecule has 1 saturated heterocycles. The molecule has 3 aromatic rings. The Morgan fingerprint density at radius 2 is 1.77 bits per heavy atom. The predicted octanol–water partition coefficient (Wildman–Crippen LogP) is 6.73. The minimum Gasteiger partial charge on any atom is -0.465 e. The monoisotopic (exact) mass is 581 g/mol. The highest BCUT2D eigenvalue weighted by atomic mass is 28.3. The molecule has 0 aliphatic carbocycles. The minimum atomic E-state index is -4.54. The van der Waals surface area contributed by atoms with Gasteiger partial charge < -0.3 is 19.5 Å². The van der Waals surface area contributed by atoms with Gasteiger partial charge in [0.1, 0.15) is 12.5 Å². The molecule has 7 nitrogen and oxygen atoms in total. The lowest BCUT2D eigenvalue weighted by molar-refractivity contribution is -0.137. The topological polar surface area (TPSA) is 76.8 Å². The molecule has 1 amide bonds. The number of piperidine rings is 1. The second-order valence-electron chi connectivity index (χ2n) is 11.6. The second-order valence-corrected chi connectivity index (χ2v) is 17.2. The highest BCUT2D eigenvalue weighted by molar-refractivity contribution is 6.76. The number of carboxylic acid groups (broad SMARTS) is 1. The number of rotatable bonds is 10. The van der Waals surface area contributed by atoms with Crippen LogP contribution < -0.4 is 0 Å². The second kappa shape index (κ2) is 11.9. The van der Waals surface area contributed by atoms with Gasteiger partial charge in [0, 0.05) is 44.1 Å². The lowest BCUT2D eigenvalue weighted by Gasteiger charge is -2.41. The number of aromatic nitrogens is 2. The molecular formula is C28H35F4N3O4Si. The van der Waals surface area contributed by atoms with Crippen LogP contribution >= 0.6 is 0 Å². The van der Waals surface area contributed by atoms with E-state index in [1.165, 1.54) is 23.2 Å². The number of hydrogen-bond acceptors (Lipinski definition) is 4. The van der Waals surface area contributed by atoms with E-state index in [0.717, 1.165) is 23.7 Å². The Morgan fingerprint density at radius 1 is 1.10 bits per heavy atom. The fourth-order valence-corrected chi connectivity index (χ4v) is 5.78. The van der Waals surface area contributed by atoms with Crippen molar-refractivity contribution in [1.29, 1.82) is 0 Å². The van der Waals surface area contributed by atoms with Gasteiger partial charge in [-0.15, -0.1) is 0 Å². The fraction of sp³-hybridized carbons (Fsp3) is 0.500. The molecule has 12 heteroatoms. The molecule has 1 aliphatic rings. The number of amides is 1. The van der Waals surface area contributed by atoms with E-state index in [0.29, 0.717) is 35.9 Å². The highest BCUT2D eigenvalue weighted by Crippen LogP contribution is 2.38. The summed E-state index contributed by atoms with van der Waals surface area (Å²) in [5.41, 5.74) is 0.237. The Bertz CT molecular complexity index is 1310. The summed E-state index contributed by atoms with van der Waals surface area (Å²) >= 11 is 0. The highest BCUT2D eigenvalue weighted by Gasteiger charge is 2.38. The van der Waals surface area contributed by atoms with E-state index < -0.39 is 37.1 Å². The maximum absolute atomic E-state index is 13.7. The van der Waals surface area contributed by atoms with E-state index >= 15 is 0 Å². The van der Waals surface area contributed by atoms with Crippen LogP contribution in [0.4, 0.5) is 22.4 Å². The van der Waals surface area contributed by atoms with Crippen LogP contribution in [0, 0.1) is 5.82 Å². The maximum Gasteiger partial charge on any atom is 0.416 e. The first kappa shape index (κ1) is 30.0. The fourth-order valence-electron chi connectivity index (χ4n) is 5.02. The number of hydrogen-bond donors (Lipinski definition) is 1. The molecule has 0 atom stereocenters. The molecular weight excluding hydrogens is 546 g/mol.